The number of quaternary nitrogens is 1. The van der Waals surface area contributed by atoms with Crippen molar-refractivity contribution in [3.8, 4) is 0 Å². The quantitative estimate of drug-likeness (QED) is 0.0215. The van der Waals surface area contributed by atoms with Crippen molar-refractivity contribution in [1.29, 1.82) is 0 Å². The van der Waals surface area contributed by atoms with Crippen LogP contribution in [-0.4, -0.2) is 75.6 Å². The largest absolute Gasteiger partial charge is 0.472 e. The SMILES string of the molecule is CC/C=C\C/C=C\C/C=C\C/C=C\CCCCCCCCCCCCC(=O)OC(COCCCCCCCCCCCCCCC)COP(=O)(O)OCC[N+](C)(C)C. The van der Waals surface area contributed by atoms with E-state index in [4.69, 9.17) is 18.5 Å². The number of carbonyl (C=O) groups is 1. The van der Waals surface area contributed by atoms with Crippen LogP contribution in [0.1, 0.15) is 200 Å². The third-order valence-corrected chi connectivity index (χ3v) is 11.1. The topological polar surface area (TPSA) is 91.3 Å². The summed E-state index contributed by atoms with van der Waals surface area (Å²) in [5.74, 6) is -0.317. The minimum atomic E-state index is -4.28. The van der Waals surface area contributed by atoms with Gasteiger partial charge in [-0.15, -0.1) is 0 Å². The number of unbranched alkanes of at least 4 members (excludes halogenated alkanes) is 22. The van der Waals surface area contributed by atoms with Crippen LogP contribution in [0, 0.1) is 0 Å². The number of phosphoric acid groups is 1. The second-order valence-electron chi connectivity index (χ2n) is 17.1. The summed E-state index contributed by atoms with van der Waals surface area (Å²) in [4.78, 5) is 22.9. The van der Waals surface area contributed by atoms with Gasteiger partial charge in [-0.2, -0.15) is 0 Å². The molecule has 0 aromatic heterocycles. The van der Waals surface area contributed by atoms with E-state index < -0.39 is 13.9 Å². The zero-order chi connectivity index (χ0) is 42.7. The fourth-order valence-corrected chi connectivity index (χ4v) is 7.23. The Morgan fingerprint density at radius 2 is 1.00 bits per heavy atom. The number of carbonyl (C=O) groups excluding carboxylic acids is 1. The molecule has 0 aliphatic carbocycles. The Bertz CT molecular complexity index is 1070. The maximum absolute atomic E-state index is 12.7. The molecule has 8 nitrogen and oxygen atoms in total. The first kappa shape index (κ1) is 56.5. The Morgan fingerprint density at radius 3 is 1.50 bits per heavy atom. The van der Waals surface area contributed by atoms with Gasteiger partial charge < -0.3 is 18.9 Å². The molecular weight excluding hydrogens is 746 g/mol. The Hall–Kier alpha value is -1.54. The van der Waals surface area contributed by atoms with Gasteiger partial charge >= 0.3 is 13.8 Å². The molecule has 0 amide bonds. The van der Waals surface area contributed by atoms with E-state index in [1.54, 1.807) is 0 Å². The van der Waals surface area contributed by atoms with Crippen LogP contribution in [0.3, 0.4) is 0 Å². The monoisotopic (exact) mass is 839 g/mol. The highest BCUT2D eigenvalue weighted by molar-refractivity contribution is 7.47. The number of nitrogens with zero attached hydrogens (tertiary/aromatic N) is 1. The predicted octanol–water partition coefficient (Wildman–Crippen LogP) is 14.3. The molecular formula is C49H93NO7P+. The van der Waals surface area contributed by atoms with E-state index in [1.165, 1.54) is 122 Å². The molecule has 0 bridgehead atoms. The fourth-order valence-electron chi connectivity index (χ4n) is 6.49. The average molecular weight is 839 g/mol. The number of hydrogen-bond donors (Lipinski definition) is 1. The van der Waals surface area contributed by atoms with Crippen LogP contribution in [-0.2, 0) is 27.9 Å². The van der Waals surface area contributed by atoms with E-state index in [-0.39, 0.29) is 25.8 Å². The first-order valence-corrected chi connectivity index (χ1v) is 25.4. The number of rotatable bonds is 44. The molecule has 9 heteroatoms. The molecule has 0 saturated carbocycles. The zero-order valence-corrected chi connectivity index (χ0v) is 39.4. The second kappa shape index (κ2) is 42.2. The summed E-state index contributed by atoms with van der Waals surface area (Å²) < 4.78 is 35.1. The molecule has 0 spiro atoms. The van der Waals surface area contributed by atoms with Gasteiger partial charge in [0.25, 0.3) is 0 Å². The van der Waals surface area contributed by atoms with Gasteiger partial charge in [-0.3, -0.25) is 13.8 Å². The highest BCUT2D eigenvalue weighted by Crippen LogP contribution is 2.43. The van der Waals surface area contributed by atoms with Gasteiger partial charge in [0, 0.05) is 13.0 Å². The minimum absolute atomic E-state index is 0.0878. The molecule has 0 aromatic carbocycles. The maximum Gasteiger partial charge on any atom is 0.472 e. The average Bonchev–Trinajstić information content (AvgIpc) is 3.18. The third-order valence-electron chi connectivity index (χ3n) is 10.2. The van der Waals surface area contributed by atoms with Crippen molar-refractivity contribution in [2.45, 2.75) is 206 Å². The summed E-state index contributed by atoms with van der Waals surface area (Å²) in [7, 11) is 1.67. The van der Waals surface area contributed by atoms with E-state index in [0.717, 1.165) is 57.8 Å². The lowest BCUT2D eigenvalue weighted by molar-refractivity contribution is -0.870. The minimum Gasteiger partial charge on any atom is -0.457 e. The van der Waals surface area contributed by atoms with Crippen LogP contribution in [0.2, 0.25) is 0 Å². The van der Waals surface area contributed by atoms with Gasteiger partial charge in [0.15, 0.2) is 0 Å². The van der Waals surface area contributed by atoms with Crippen LogP contribution in [0.4, 0.5) is 0 Å². The van der Waals surface area contributed by atoms with Crippen molar-refractivity contribution >= 4 is 13.8 Å². The second-order valence-corrected chi connectivity index (χ2v) is 18.6. The predicted molar refractivity (Wildman–Crippen MR) is 247 cm³/mol. The van der Waals surface area contributed by atoms with Crippen LogP contribution in [0.5, 0.6) is 0 Å². The van der Waals surface area contributed by atoms with E-state index in [9.17, 15) is 14.3 Å². The maximum atomic E-state index is 12.7. The molecule has 340 valence electrons. The van der Waals surface area contributed by atoms with E-state index in [0.29, 0.717) is 24.1 Å². The molecule has 0 aliphatic rings. The molecule has 58 heavy (non-hydrogen) atoms. The van der Waals surface area contributed by atoms with Crippen molar-refractivity contribution < 1.29 is 37.3 Å². The van der Waals surface area contributed by atoms with E-state index in [1.807, 2.05) is 21.1 Å². The standard InChI is InChI=1S/C49H92NO7P/c1-6-8-10-12-14-16-18-20-21-22-23-24-25-26-27-28-29-30-32-34-36-38-40-42-49(51)57-48(47-56-58(52,53)55-45-43-50(3,4)5)46-54-44-41-39-37-35-33-31-19-17-15-13-11-9-7-2/h8,10,14,16,20-21,23-24,48H,6-7,9,11-13,15,17-19,22,25-47H2,1-5H3/p+1/b10-8-,16-14-,21-20-,24-23-. The zero-order valence-electron chi connectivity index (χ0n) is 38.5. The summed E-state index contributed by atoms with van der Waals surface area (Å²) >= 11 is 0. The van der Waals surface area contributed by atoms with Crippen LogP contribution in [0.15, 0.2) is 48.6 Å². The number of esters is 1. The van der Waals surface area contributed by atoms with Gasteiger partial charge in [-0.05, 0) is 51.4 Å². The number of likely N-dealkylation sites (N-methyl/N-ethyl adjacent to an activating group) is 1. The molecule has 0 aliphatic heterocycles. The molecule has 0 rings (SSSR count). The van der Waals surface area contributed by atoms with Gasteiger partial charge in [-0.25, -0.2) is 4.57 Å². The first-order chi connectivity index (χ1) is 28.1. The molecule has 0 radical (unpaired) electrons. The lowest BCUT2D eigenvalue weighted by Gasteiger charge is -2.24. The molecule has 1 N–H and O–H groups in total. The molecule has 0 fully saturated rings. The Morgan fingerprint density at radius 1 is 0.552 bits per heavy atom. The van der Waals surface area contributed by atoms with Crippen LogP contribution >= 0.6 is 7.82 Å². The molecule has 2 atom stereocenters. The van der Waals surface area contributed by atoms with E-state index >= 15 is 0 Å². The Labute approximate surface area is 358 Å². The number of phosphoric ester groups is 1. The number of ether oxygens (including phenoxy) is 2. The van der Waals surface area contributed by atoms with Crippen molar-refractivity contribution in [1.82, 2.24) is 0 Å². The van der Waals surface area contributed by atoms with Crippen molar-refractivity contribution in [2.24, 2.45) is 0 Å². The normalized spacial score (nSPS) is 14.1. The smallest absolute Gasteiger partial charge is 0.457 e. The fraction of sp³-hybridized carbons (Fsp3) is 0.816. The van der Waals surface area contributed by atoms with Gasteiger partial charge in [0.2, 0.25) is 0 Å². The number of hydrogen-bond acceptors (Lipinski definition) is 6. The summed E-state index contributed by atoms with van der Waals surface area (Å²) in [5.41, 5.74) is 0. The first-order valence-electron chi connectivity index (χ1n) is 23.9. The molecule has 0 aromatic rings. The highest BCUT2D eigenvalue weighted by atomic mass is 31.2. The summed E-state index contributed by atoms with van der Waals surface area (Å²) in [6, 6.07) is 0. The summed E-state index contributed by atoms with van der Waals surface area (Å²) in [6.07, 6.45) is 51.4. The van der Waals surface area contributed by atoms with Crippen LogP contribution in [0.25, 0.3) is 0 Å². The molecule has 2 unspecified atom stereocenters. The lowest BCUT2D eigenvalue weighted by Crippen LogP contribution is -2.37. The summed E-state index contributed by atoms with van der Waals surface area (Å²) in [6.45, 7) is 5.53. The Kier molecular flexibility index (Phi) is 41.0. The van der Waals surface area contributed by atoms with Gasteiger partial charge in [-0.1, -0.05) is 191 Å². The highest BCUT2D eigenvalue weighted by Gasteiger charge is 2.26. The van der Waals surface area contributed by atoms with Crippen LogP contribution < -0.4 is 0 Å². The number of allylic oxidation sites excluding steroid dienone is 8. The Balaban J connectivity index is 4.14. The summed E-state index contributed by atoms with van der Waals surface area (Å²) in [5, 5.41) is 0. The lowest BCUT2D eigenvalue weighted by atomic mass is 10.0. The van der Waals surface area contributed by atoms with Crippen molar-refractivity contribution in [3.63, 3.8) is 0 Å². The van der Waals surface area contributed by atoms with Crippen molar-refractivity contribution in [3.05, 3.63) is 48.6 Å². The van der Waals surface area contributed by atoms with E-state index in [2.05, 4.69) is 62.5 Å². The third kappa shape index (κ3) is 45.5. The molecule has 0 heterocycles. The molecule has 0 saturated heterocycles. The van der Waals surface area contributed by atoms with Gasteiger partial charge in [0.05, 0.1) is 34.4 Å². The van der Waals surface area contributed by atoms with Gasteiger partial charge in [0.1, 0.15) is 19.3 Å². The van der Waals surface area contributed by atoms with Crippen molar-refractivity contribution in [2.75, 3.05) is 54.1 Å².